The third-order valence-electron chi connectivity index (χ3n) is 8.18. The first-order valence-corrected chi connectivity index (χ1v) is 14.2. The van der Waals surface area contributed by atoms with Crippen molar-refractivity contribution < 1.29 is 32.5 Å². The van der Waals surface area contributed by atoms with Crippen LogP contribution in [0, 0.1) is 0 Å². The number of hydrogen-bond donors (Lipinski definition) is 1. The van der Waals surface area contributed by atoms with Gasteiger partial charge in [0.1, 0.15) is 23.7 Å². The number of rotatable bonds is 7. The monoisotopic (exact) mass is 592 g/mol. The molecule has 1 N–H and O–H groups in total. The van der Waals surface area contributed by atoms with Gasteiger partial charge in [0.2, 0.25) is 0 Å². The minimum atomic E-state index is -4.65. The number of aromatic nitrogens is 3. The van der Waals surface area contributed by atoms with Crippen molar-refractivity contribution in [2.45, 2.75) is 44.6 Å². The molecule has 4 aromatic rings. The third kappa shape index (κ3) is 6.00. The summed E-state index contributed by atoms with van der Waals surface area (Å²) in [6.45, 7) is 3.33. The summed E-state index contributed by atoms with van der Waals surface area (Å²) in [5, 5.41) is 9.38. The van der Waals surface area contributed by atoms with Crippen LogP contribution in [0.3, 0.4) is 0 Å². The van der Waals surface area contributed by atoms with E-state index >= 15 is 0 Å². The van der Waals surface area contributed by atoms with E-state index in [4.69, 9.17) is 9.47 Å². The molecule has 2 aromatic heterocycles. The summed E-state index contributed by atoms with van der Waals surface area (Å²) in [4.78, 5) is 22.7. The number of para-hydroxylation sites is 1. The average molecular weight is 593 g/mol. The molecule has 1 fully saturated rings. The topological polar surface area (TPSA) is 89.7 Å². The number of aromatic carboxylic acids is 1. The lowest BCUT2D eigenvalue weighted by Crippen LogP contribution is -2.42. The van der Waals surface area contributed by atoms with E-state index in [9.17, 15) is 23.1 Å². The Morgan fingerprint density at radius 3 is 2.58 bits per heavy atom. The number of imidazole rings is 1. The first-order valence-electron chi connectivity index (χ1n) is 14.2. The van der Waals surface area contributed by atoms with Gasteiger partial charge in [-0.25, -0.2) is 14.8 Å². The van der Waals surface area contributed by atoms with E-state index in [-0.39, 0.29) is 35.1 Å². The molecule has 4 heterocycles. The molecule has 8 nitrogen and oxygen atoms in total. The molecule has 224 valence electrons. The second-order valence-corrected chi connectivity index (χ2v) is 10.9. The molecule has 11 heteroatoms. The molecule has 0 atom stereocenters. The molecule has 0 bridgehead atoms. The highest BCUT2D eigenvalue weighted by molar-refractivity contribution is 5.86. The van der Waals surface area contributed by atoms with Gasteiger partial charge in [0.25, 0.3) is 0 Å². The van der Waals surface area contributed by atoms with Gasteiger partial charge in [-0.3, -0.25) is 4.90 Å². The number of pyridine rings is 1. The van der Waals surface area contributed by atoms with Gasteiger partial charge >= 0.3 is 12.1 Å². The van der Waals surface area contributed by atoms with Crippen LogP contribution in [0.1, 0.15) is 45.6 Å². The number of alkyl halides is 3. The normalized spacial score (nSPS) is 16.2. The van der Waals surface area contributed by atoms with Crippen molar-refractivity contribution in [1.29, 1.82) is 0 Å². The van der Waals surface area contributed by atoms with Crippen molar-refractivity contribution in [3.05, 3.63) is 88.7 Å². The standard InChI is InChI=1S/C32H31F3N4O4/c1-38-28(31(40)41)17-36-30(38)27-7-3-6-26(37-27)24-4-2-5-25(32(33,34)35)29(24)43-19-20-8-9-22-18-39(13-10-21(22)16-20)23-11-14-42-15-12-23/h2-9,16-17,23H,10-15,18-19H2,1H3,(H,40,41). The molecule has 0 amide bonds. The fourth-order valence-electron chi connectivity index (χ4n) is 5.91. The Kier molecular flexibility index (Phi) is 7.93. The largest absolute Gasteiger partial charge is 0.488 e. The fourth-order valence-corrected chi connectivity index (χ4v) is 5.91. The second-order valence-electron chi connectivity index (χ2n) is 10.9. The molecule has 0 radical (unpaired) electrons. The number of carbonyl (C=O) groups is 1. The average Bonchev–Trinajstić information content (AvgIpc) is 3.41. The van der Waals surface area contributed by atoms with Crippen LogP contribution in [0.2, 0.25) is 0 Å². The Morgan fingerprint density at radius 2 is 1.84 bits per heavy atom. The number of carboxylic acid groups (broad SMARTS) is 1. The van der Waals surface area contributed by atoms with Crippen molar-refractivity contribution in [2.24, 2.45) is 7.05 Å². The van der Waals surface area contributed by atoms with Gasteiger partial charge in [-0.05, 0) is 60.2 Å². The Hall–Kier alpha value is -4.22. The van der Waals surface area contributed by atoms with E-state index in [1.807, 2.05) is 12.1 Å². The van der Waals surface area contributed by atoms with Crippen LogP contribution in [0.4, 0.5) is 13.2 Å². The molecular formula is C32H31F3N4O4. The summed E-state index contributed by atoms with van der Waals surface area (Å²) in [6, 6.07) is 15.3. The molecule has 1 saturated heterocycles. The maximum atomic E-state index is 14.2. The molecule has 6 rings (SSSR count). The minimum absolute atomic E-state index is 0.0355. The zero-order valence-electron chi connectivity index (χ0n) is 23.6. The lowest BCUT2D eigenvalue weighted by molar-refractivity contribution is -0.139. The Morgan fingerprint density at radius 1 is 1.07 bits per heavy atom. The van der Waals surface area contributed by atoms with Gasteiger partial charge in [0.05, 0.1) is 17.5 Å². The van der Waals surface area contributed by atoms with Crippen LogP contribution in [-0.4, -0.2) is 56.3 Å². The van der Waals surface area contributed by atoms with Gasteiger partial charge in [-0.15, -0.1) is 0 Å². The zero-order chi connectivity index (χ0) is 30.1. The Bertz CT molecular complexity index is 1650. The highest BCUT2D eigenvalue weighted by Crippen LogP contribution is 2.42. The molecule has 0 spiro atoms. The molecular weight excluding hydrogens is 561 g/mol. The lowest BCUT2D eigenvalue weighted by Gasteiger charge is -2.37. The number of carboxylic acids is 1. The lowest BCUT2D eigenvalue weighted by atomic mass is 9.95. The summed E-state index contributed by atoms with van der Waals surface area (Å²) in [5.74, 6) is -1.18. The van der Waals surface area contributed by atoms with Crippen molar-refractivity contribution >= 4 is 5.97 Å². The van der Waals surface area contributed by atoms with Crippen molar-refractivity contribution in [2.75, 3.05) is 19.8 Å². The van der Waals surface area contributed by atoms with Crippen LogP contribution in [0.5, 0.6) is 5.75 Å². The van der Waals surface area contributed by atoms with Gasteiger partial charge in [0, 0.05) is 45.0 Å². The number of hydrogen-bond acceptors (Lipinski definition) is 6. The summed E-state index contributed by atoms with van der Waals surface area (Å²) in [5.41, 5.74) is 3.03. The minimum Gasteiger partial charge on any atom is -0.488 e. The zero-order valence-corrected chi connectivity index (χ0v) is 23.6. The molecule has 0 unspecified atom stereocenters. The Labute approximate surface area is 246 Å². The summed E-state index contributed by atoms with van der Waals surface area (Å²) in [6.07, 6.45) is -0.497. The fraction of sp³-hybridized carbons (Fsp3) is 0.344. The van der Waals surface area contributed by atoms with Crippen molar-refractivity contribution in [3.8, 4) is 28.5 Å². The smallest absolute Gasteiger partial charge is 0.419 e. The van der Waals surface area contributed by atoms with Crippen LogP contribution >= 0.6 is 0 Å². The van der Waals surface area contributed by atoms with Gasteiger partial charge in [0.15, 0.2) is 5.82 Å². The highest BCUT2D eigenvalue weighted by Gasteiger charge is 2.36. The maximum absolute atomic E-state index is 14.2. The molecule has 2 aliphatic rings. The number of ether oxygens (including phenoxy) is 2. The highest BCUT2D eigenvalue weighted by atomic mass is 19.4. The van der Waals surface area contributed by atoms with Gasteiger partial charge in [-0.2, -0.15) is 13.2 Å². The van der Waals surface area contributed by atoms with E-state index < -0.39 is 17.7 Å². The van der Waals surface area contributed by atoms with E-state index in [1.165, 1.54) is 34.0 Å². The van der Waals surface area contributed by atoms with E-state index in [0.717, 1.165) is 57.2 Å². The molecule has 0 saturated carbocycles. The van der Waals surface area contributed by atoms with Crippen LogP contribution < -0.4 is 4.74 Å². The van der Waals surface area contributed by atoms with E-state index in [0.29, 0.717) is 11.7 Å². The number of benzene rings is 2. The SMILES string of the molecule is Cn1c(C(=O)O)cnc1-c1cccc(-c2cccc(C(F)(F)F)c2OCc2ccc3c(c2)CCN(C2CCOCC2)C3)n1. The summed E-state index contributed by atoms with van der Waals surface area (Å²) >= 11 is 0. The number of halogens is 3. The quantitative estimate of drug-likeness (QED) is 0.282. The summed E-state index contributed by atoms with van der Waals surface area (Å²) < 4.78 is 55.4. The van der Waals surface area contributed by atoms with Crippen LogP contribution in [-0.2, 0) is 37.5 Å². The molecule has 2 aliphatic heterocycles. The van der Waals surface area contributed by atoms with Crippen molar-refractivity contribution in [1.82, 2.24) is 19.4 Å². The van der Waals surface area contributed by atoms with E-state index in [1.54, 1.807) is 25.2 Å². The number of fused-ring (bicyclic) bond motifs is 1. The maximum Gasteiger partial charge on any atom is 0.419 e. The van der Waals surface area contributed by atoms with E-state index in [2.05, 4.69) is 20.9 Å². The predicted molar refractivity (Wildman–Crippen MR) is 153 cm³/mol. The summed E-state index contributed by atoms with van der Waals surface area (Å²) in [7, 11) is 1.54. The second kappa shape index (κ2) is 11.8. The first kappa shape index (κ1) is 28.9. The molecule has 2 aromatic carbocycles. The molecule has 0 aliphatic carbocycles. The third-order valence-corrected chi connectivity index (χ3v) is 8.18. The number of nitrogens with zero attached hydrogens (tertiary/aromatic N) is 4. The van der Waals surface area contributed by atoms with Gasteiger partial charge in [-0.1, -0.05) is 30.3 Å². The first-order chi connectivity index (χ1) is 20.7. The predicted octanol–water partition coefficient (Wildman–Crippen LogP) is 5.98. The molecule has 43 heavy (non-hydrogen) atoms. The van der Waals surface area contributed by atoms with Crippen molar-refractivity contribution in [3.63, 3.8) is 0 Å². The van der Waals surface area contributed by atoms with Crippen LogP contribution in [0.25, 0.3) is 22.8 Å². The van der Waals surface area contributed by atoms with Crippen LogP contribution in [0.15, 0.2) is 60.8 Å². The Balaban J connectivity index is 1.27. The van der Waals surface area contributed by atoms with Gasteiger partial charge < -0.3 is 19.1 Å².